The molecule has 1 fully saturated rings. The lowest BCUT2D eigenvalue weighted by molar-refractivity contribution is 0.102. The lowest BCUT2D eigenvalue weighted by atomic mass is 9.71. The molecule has 2 aromatic carbocycles. The van der Waals surface area contributed by atoms with Crippen LogP contribution in [-0.2, 0) is 10.2 Å². The first kappa shape index (κ1) is 23.2. The molecule has 1 spiro atoms. The normalized spacial score (nSPS) is 18.3. The quantitative estimate of drug-likeness (QED) is 0.453. The number of carbonyl (C=O) groups excluding carboxylic acids is 1. The fraction of sp³-hybridized carbons (Fsp3) is 0.296. The second-order valence-corrected chi connectivity index (χ2v) is 10.5. The van der Waals surface area contributed by atoms with Crippen LogP contribution in [0, 0.1) is 10.8 Å². The number of benzene rings is 2. The summed E-state index contributed by atoms with van der Waals surface area (Å²) in [7, 11) is 0. The van der Waals surface area contributed by atoms with E-state index in [1.807, 2.05) is 30.3 Å². The zero-order chi connectivity index (χ0) is 24.8. The number of hydrogen-bond donors (Lipinski definition) is 2. The topological polar surface area (TPSA) is 93.5 Å². The highest BCUT2D eigenvalue weighted by atomic mass is 35.5. The summed E-state index contributed by atoms with van der Waals surface area (Å²) >= 11 is 5.89. The second kappa shape index (κ2) is 8.57. The minimum absolute atomic E-state index is 0.0152. The number of aromatic nitrogens is 1. The Morgan fingerprint density at radius 1 is 1.14 bits per heavy atom. The Balaban J connectivity index is 1.51. The van der Waals surface area contributed by atoms with Crippen molar-refractivity contribution in [3.8, 4) is 17.2 Å². The summed E-state index contributed by atoms with van der Waals surface area (Å²) in [6.07, 6.45) is 1.82. The molecule has 0 saturated carbocycles. The van der Waals surface area contributed by atoms with Crippen LogP contribution in [-0.4, -0.2) is 30.0 Å². The van der Waals surface area contributed by atoms with Crippen molar-refractivity contribution in [2.24, 2.45) is 5.41 Å². The van der Waals surface area contributed by atoms with Gasteiger partial charge in [-0.05, 0) is 53.9 Å². The molecule has 180 valence electrons. The van der Waals surface area contributed by atoms with Gasteiger partial charge in [0.05, 0.1) is 17.0 Å². The molecule has 7 nitrogen and oxygen atoms in total. The molecule has 35 heavy (non-hydrogen) atoms. The molecule has 8 heteroatoms. The van der Waals surface area contributed by atoms with Crippen LogP contribution in [0.25, 0.3) is 0 Å². The van der Waals surface area contributed by atoms with E-state index in [2.05, 4.69) is 31.1 Å². The van der Waals surface area contributed by atoms with Crippen molar-refractivity contribution in [3.05, 3.63) is 76.6 Å². The van der Waals surface area contributed by atoms with Crippen LogP contribution in [0.15, 0.2) is 54.7 Å². The molecule has 1 unspecified atom stereocenters. The highest BCUT2D eigenvalue weighted by Crippen LogP contribution is 2.53. The summed E-state index contributed by atoms with van der Waals surface area (Å²) in [6.45, 7) is 7.22. The highest BCUT2D eigenvalue weighted by Gasteiger charge is 2.48. The minimum atomic E-state index is -0.625. The Morgan fingerprint density at radius 2 is 1.89 bits per heavy atom. The first-order valence-corrected chi connectivity index (χ1v) is 11.7. The van der Waals surface area contributed by atoms with E-state index in [4.69, 9.17) is 31.2 Å². The first-order chi connectivity index (χ1) is 16.6. The molecule has 0 aliphatic carbocycles. The molecule has 2 aliphatic rings. The van der Waals surface area contributed by atoms with E-state index in [1.165, 1.54) is 6.20 Å². The Morgan fingerprint density at radius 3 is 2.54 bits per heavy atom. The third-order valence-corrected chi connectivity index (χ3v) is 6.25. The van der Waals surface area contributed by atoms with Crippen LogP contribution in [0.1, 0.15) is 48.8 Å². The van der Waals surface area contributed by atoms with Gasteiger partial charge in [-0.15, -0.1) is 0 Å². The number of fused-ring (bicyclic) bond motifs is 4. The fourth-order valence-electron chi connectivity index (χ4n) is 4.33. The number of halogens is 1. The molecule has 0 radical (unpaired) electrons. The number of amides is 1. The summed E-state index contributed by atoms with van der Waals surface area (Å²) in [4.78, 5) is 16.8. The lowest BCUT2D eigenvalue weighted by Crippen LogP contribution is -2.32. The Labute approximate surface area is 208 Å². The third kappa shape index (κ3) is 4.56. The molecule has 1 amide bonds. The molecular weight excluding hydrogens is 466 g/mol. The van der Waals surface area contributed by atoms with Crippen LogP contribution in [0.2, 0.25) is 5.02 Å². The molecule has 3 aromatic rings. The lowest BCUT2D eigenvalue weighted by Gasteiger charge is -2.36. The van der Waals surface area contributed by atoms with Crippen LogP contribution in [0.4, 0.5) is 5.69 Å². The maximum absolute atomic E-state index is 12.7. The number of nitrogens with zero attached hydrogens (tertiary/aromatic N) is 1. The Hall–Kier alpha value is -3.58. The average molecular weight is 492 g/mol. The number of anilines is 1. The smallest absolute Gasteiger partial charge is 0.274 e. The number of ether oxygens (including phenoxy) is 3. The highest BCUT2D eigenvalue weighted by molar-refractivity contribution is 6.30. The van der Waals surface area contributed by atoms with Crippen molar-refractivity contribution < 1.29 is 19.0 Å². The van der Waals surface area contributed by atoms with Crippen LogP contribution >= 0.6 is 11.6 Å². The molecule has 1 saturated heterocycles. The molecule has 3 heterocycles. The monoisotopic (exact) mass is 491 g/mol. The van der Waals surface area contributed by atoms with E-state index in [0.29, 0.717) is 41.8 Å². The van der Waals surface area contributed by atoms with E-state index >= 15 is 0 Å². The zero-order valence-electron chi connectivity index (χ0n) is 19.8. The SMILES string of the molecule is CC(C)(C)COc1ccc2c(c1)C1(COC(=N)C1)c1cc(NC(=O)c3ccc(Cl)cn3)ccc1O2. The predicted molar refractivity (Wildman–Crippen MR) is 134 cm³/mol. The van der Waals surface area contributed by atoms with Gasteiger partial charge in [0, 0.05) is 29.4 Å². The van der Waals surface area contributed by atoms with E-state index in [9.17, 15) is 4.79 Å². The van der Waals surface area contributed by atoms with Crippen LogP contribution in [0.5, 0.6) is 17.2 Å². The molecule has 2 aliphatic heterocycles. The van der Waals surface area contributed by atoms with Gasteiger partial charge in [0.1, 0.15) is 29.5 Å². The van der Waals surface area contributed by atoms with Gasteiger partial charge < -0.3 is 19.5 Å². The number of rotatable bonds is 4. The summed E-state index contributed by atoms with van der Waals surface area (Å²) in [5, 5.41) is 11.6. The fourth-order valence-corrected chi connectivity index (χ4v) is 4.45. The van der Waals surface area contributed by atoms with Crippen LogP contribution < -0.4 is 14.8 Å². The summed E-state index contributed by atoms with van der Waals surface area (Å²) < 4.78 is 18.0. The van der Waals surface area contributed by atoms with Crippen LogP contribution in [0.3, 0.4) is 0 Å². The van der Waals surface area contributed by atoms with Gasteiger partial charge in [-0.1, -0.05) is 32.4 Å². The minimum Gasteiger partial charge on any atom is -0.493 e. The van der Waals surface area contributed by atoms with E-state index in [0.717, 1.165) is 16.9 Å². The molecule has 1 aromatic heterocycles. The van der Waals surface area contributed by atoms with Gasteiger partial charge in [-0.2, -0.15) is 0 Å². The third-order valence-electron chi connectivity index (χ3n) is 6.03. The first-order valence-electron chi connectivity index (χ1n) is 11.4. The van der Waals surface area contributed by atoms with Gasteiger partial charge in [0.2, 0.25) is 0 Å². The zero-order valence-corrected chi connectivity index (χ0v) is 20.5. The maximum atomic E-state index is 12.7. The standard InChI is InChI=1S/C27H26ClN3O4/c1-26(2,3)14-33-18-6-9-23-20(11-18)27(12-24(29)34-15-27)19-10-17(5-8-22(19)35-23)31-25(32)21-7-4-16(28)13-30-21/h4-11,13,29H,12,14-15H2,1-3H3,(H,31,32). The van der Waals surface area contributed by atoms with Gasteiger partial charge in [0.25, 0.3) is 5.91 Å². The van der Waals surface area contributed by atoms with Crippen molar-refractivity contribution in [1.82, 2.24) is 4.98 Å². The van der Waals surface area contributed by atoms with E-state index in [1.54, 1.807) is 18.2 Å². The van der Waals surface area contributed by atoms with Gasteiger partial charge in [-0.25, -0.2) is 4.98 Å². The second-order valence-electron chi connectivity index (χ2n) is 10.1. The molecule has 2 N–H and O–H groups in total. The average Bonchev–Trinajstić information content (AvgIpc) is 3.20. The number of pyridine rings is 1. The maximum Gasteiger partial charge on any atom is 0.274 e. The predicted octanol–water partition coefficient (Wildman–Crippen LogP) is 6.20. The number of hydrogen-bond acceptors (Lipinski definition) is 6. The summed E-state index contributed by atoms with van der Waals surface area (Å²) in [5.41, 5.74) is 2.00. The number of carbonyl (C=O) groups is 1. The largest absolute Gasteiger partial charge is 0.493 e. The van der Waals surface area contributed by atoms with Gasteiger partial charge >= 0.3 is 0 Å². The number of nitrogens with one attached hydrogen (secondary N) is 2. The molecule has 0 bridgehead atoms. The van der Waals surface area contributed by atoms with Gasteiger partial charge in [0.15, 0.2) is 5.90 Å². The van der Waals surface area contributed by atoms with Gasteiger partial charge in [-0.3, -0.25) is 10.2 Å². The molecule has 1 atom stereocenters. The van der Waals surface area contributed by atoms with Crippen molar-refractivity contribution in [3.63, 3.8) is 0 Å². The van der Waals surface area contributed by atoms with E-state index < -0.39 is 5.41 Å². The Kier molecular flexibility index (Phi) is 5.68. The van der Waals surface area contributed by atoms with Crippen molar-refractivity contribution in [2.45, 2.75) is 32.6 Å². The van der Waals surface area contributed by atoms with Crippen molar-refractivity contribution in [2.75, 3.05) is 18.5 Å². The molecular formula is C27H26ClN3O4. The summed E-state index contributed by atoms with van der Waals surface area (Å²) in [6, 6.07) is 14.5. The van der Waals surface area contributed by atoms with Crippen molar-refractivity contribution in [1.29, 1.82) is 5.41 Å². The molecule has 5 rings (SSSR count). The van der Waals surface area contributed by atoms with Crippen molar-refractivity contribution >= 4 is 29.1 Å². The van der Waals surface area contributed by atoms with E-state index in [-0.39, 0.29) is 22.9 Å². The summed E-state index contributed by atoms with van der Waals surface area (Å²) in [5.74, 6) is 1.98. The Bertz CT molecular complexity index is 1320.